The van der Waals surface area contributed by atoms with Gasteiger partial charge in [-0.2, -0.15) is 0 Å². The number of guanidine groups is 1. The molecule has 0 aliphatic carbocycles. The number of aryl methyl sites for hydroxylation is 1. The summed E-state index contributed by atoms with van der Waals surface area (Å²) in [6.07, 6.45) is 3.24. The van der Waals surface area contributed by atoms with Crippen LogP contribution in [0.1, 0.15) is 16.3 Å². The van der Waals surface area contributed by atoms with E-state index in [1.54, 1.807) is 18.4 Å². The molecule has 3 rings (SSSR count). The van der Waals surface area contributed by atoms with Crippen LogP contribution in [0.4, 0.5) is 5.69 Å². The number of benzene rings is 1. The van der Waals surface area contributed by atoms with Crippen molar-refractivity contribution in [2.75, 3.05) is 51.2 Å². The fourth-order valence-electron chi connectivity index (χ4n) is 3.32. The number of para-hydroxylation sites is 1. The molecule has 0 atom stereocenters. The average molecular weight is 542 g/mol. The highest BCUT2D eigenvalue weighted by Crippen LogP contribution is 2.15. The largest absolute Gasteiger partial charge is 0.368 e. The van der Waals surface area contributed by atoms with E-state index in [2.05, 4.69) is 56.7 Å². The molecule has 2 N–H and O–H groups in total. The van der Waals surface area contributed by atoms with Crippen molar-refractivity contribution in [3.63, 3.8) is 0 Å². The minimum atomic E-state index is 0. The number of carbonyl (C=O) groups excluding carboxylic acids is 1. The molecule has 1 aliphatic rings. The third-order valence-corrected chi connectivity index (χ3v) is 5.88. The number of piperazine rings is 1. The summed E-state index contributed by atoms with van der Waals surface area (Å²) in [6, 6.07) is 10.4. The third kappa shape index (κ3) is 7.42. The van der Waals surface area contributed by atoms with E-state index in [0.29, 0.717) is 13.0 Å². The van der Waals surface area contributed by atoms with Gasteiger partial charge in [0.1, 0.15) is 0 Å². The van der Waals surface area contributed by atoms with Crippen molar-refractivity contribution in [1.29, 1.82) is 0 Å². The number of nitrogens with zero attached hydrogens (tertiary/aromatic N) is 4. The molecule has 0 unspecified atom stereocenters. The van der Waals surface area contributed by atoms with Crippen molar-refractivity contribution >= 4 is 52.9 Å². The number of amides is 1. The molecule has 2 heterocycles. The van der Waals surface area contributed by atoms with Crippen molar-refractivity contribution in [2.45, 2.75) is 19.8 Å². The first-order valence-electron chi connectivity index (χ1n) is 10.1. The molecule has 1 amide bonds. The summed E-state index contributed by atoms with van der Waals surface area (Å²) in [4.78, 5) is 26.6. The fraction of sp³-hybridized carbons (Fsp3) is 0.476. The van der Waals surface area contributed by atoms with E-state index in [-0.39, 0.29) is 29.9 Å². The first kappa shape index (κ1) is 24.4. The number of hydrogen-bond donors (Lipinski definition) is 2. The normalized spacial score (nSPS) is 14.3. The van der Waals surface area contributed by atoms with E-state index in [1.165, 1.54) is 10.6 Å². The number of aromatic nitrogens is 1. The molecule has 1 aromatic heterocycles. The lowest BCUT2D eigenvalue weighted by atomic mass is 10.2. The highest BCUT2D eigenvalue weighted by atomic mass is 127. The van der Waals surface area contributed by atoms with Gasteiger partial charge in [0.15, 0.2) is 5.96 Å². The summed E-state index contributed by atoms with van der Waals surface area (Å²) in [7, 11) is 1.74. The van der Waals surface area contributed by atoms with E-state index in [1.807, 2.05) is 17.2 Å². The molecule has 0 bridgehead atoms. The van der Waals surface area contributed by atoms with Gasteiger partial charge in [0, 0.05) is 75.9 Å². The maximum Gasteiger partial charge on any atom is 0.224 e. The fourth-order valence-corrected chi connectivity index (χ4v) is 4.11. The summed E-state index contributed by atoms with van der Waals surface area (Å²) >= 11 is 1.72. The van der Waals surface area contributed by atoms with Gasteiger partial charge >= 0.3 is 0 Å². The number of thiazole rings is 1. The zero-order chi connectivity index (χ0) is 20.5. The molecule has 30 heavy (non-hydrogen) atoms. The Morgan fingerprint density at radius 3 is 2.47 bits per heavy atom. The standard InChI is InChI=1S/C21H30N6OS.HI/c1-17-16-25-19(29-17)8-10-23-21(22-2)24-11-9-20(28)27-14-12-26(13-15-27)18-6-4-3-5-7-18;/h3-7,16H,8-15H2,1-2H3,(H2,22,23,24);1H. The minimum Gasteiger partial charge on any atom is -0.368 e. The van der Waals surface area contributed by atoms with E-state index in [9.17, 15) is 4.79 Å². The molecule has 1 aliphatic heterocycles. The molecular weight excluding hydrogens is 511 g/mol. The minimum absolute atomic E-state index is 0. The Balaban J connectivity index is 0.00000320. The van der Waals surface area contributed by atoms with Gasteiger partial charge in [-0.05, 0) is 19.1 Å². The lowest BCUT2D eigenvalue weighted by Crippen LogP contribution is -2.49. The second-order valence-electron chi connectivity index (χ2n) is 6.99. The molecule has 1 saturated heterocycles. The van der Waals surface area contributed by atoms with Crippen LogP contribution in [-0.2, 0) is 11.2 Å². The Morgan fingerprint density at radius 2 is 1.83 bits per heavy atom. The predicted molar refractivity (Wildman–Crippen MR) is 135 cm³/mol. The molecule has 0 spiro atoms. The number of halogens is 1. The quantitative estimate of drug-likeness (QED) is 0.320. The highest BCUT2D eigenvalue weighted by molar-refractivity contribution is 14.0. The van der Waals surface area contributed by atoms with Crippen LogP contribution in [-0.4, -0.2) is 68.1 Å². The van der Waals surface area contributed by atoms with Crippen LogP contribution < -0.4 is 15.5 Å². The van der Waals surface area contributed by atoms with Gasteiger partial charge in [0.25, 0.3) is 0 Å². The van der Waals surface area contributed by atoms with Gasteiger partial charge in [-0.3, -0.25) is 9.79 Å². The molecule has 0 radical (unpaired) electrons. The van der Waals surface area contributed by atoms with Gasteiger partial charge < -0.3 is 20.4 Å². The maximum absolute atomic E-state index is 12.5. The number of carbonyl (C=O) groups is 1. The number of aliphatic imine (C=N–C) groups is 1. The number of anilines is 1. The van der Waals surface area contributed by atoms with Crippen LogP contribution in [0.2, 0.25) is 0 Å². The van der Waals surface area contributed by atoms with E-state index < -0.39 is 0 Å². The number of nitrogens with one attached hydrogen (secondary N) is 2. The first-order chi connectivity index (χ1) is 14.2. The number of hydrogen-bond acceptors (Lipinski definition) is 5. The topological polar surface area (TPSA) is 72.9 Å². The average Bonchev–Trinajstić information content (AvgIpc) is 3.18. The van der Waals surface area contributed by atoms with Gasteiger partial charge in [-0.25, -0.2) is 4.98 Å². The van der Waals surface area contributed by atoms with Crippen LogP contribution in [0, 0.1) is 6.92 Å². The van der Waals surface area contributed by atoms with Crippen LogP contribution >= 0.6 is 35.3 Å². The Hall–Kier alpha value is -1.88. The molecule has 1 aromatic carbocycles. The maximum atomic E-state index is 12.5. The summed E-state index contributed by atoms with van der Waals surface area (Å²) in [5.74, 6) is 0.916. The van der Waals surface area contributed by atoms with E-state index >= 15 is 0 Å². The summed E-state index contributed by atoms with van der Waals surface area (Å²) < 4.78 is 0. The number of rotatable bonds is 7. The highest BCUT2D eigenvalue weighted by Gasteiger charge is 2.20. The van der Waals surface area contributed by atoms with Crippen molar-refractivity contribution < 1.29 is 4.79 Å². The summed E-state index contributed by atoms with van der Waals surface area (Å²) in [6.45, 7) is 6.70. The van der Waals surface area contributed by atoms with Gasteiger partial charge in [-0.1, -0.05) is 18.2 Å². The Labute approximate surface area is 200 Å². The Morgan fingerprint density at radius 1 is 1.13 bits per heavy atom. The molecule has 1 fully saturated rings. The van der Waals surface area contributed by atoms with Crippen LogP contribution in [0.25, 0.3) is 0 Å². The van der Waals surface area contributed by atoms with E-state index in [4.69, 9.17) is 0 Å². The molecular formula is C21H31IN6OS. The zero-order valence-corrected chi connectivity index (χ0v) is 20.8. The van der Waals surface area contributed by atoms with Crippen LogP contribution in [0.15, 0.2) is 41.5 Å². The van der Waals surface area contributed by atoms with Gasteiger partial charge in [0.05, 0.1) is 5.01 Å². The summed E-state index contributed by atoms with van der Waals surface area (Å²) in [5.41, 5.74) is 1.23. The van der Waals surface area contributed by atoms with Gasteiger partial charge in [-0.15, -0.1) is 35.3 Å². The van der Waals surface area contributed by atoms with Crippen molar-refractivity contribution in [2.24, 2.45) is 4.99 Å². The molecule has 2 aromatic rings. The first-order valence-corrected chi connectivity index (χ1v) is 10.9. The predicted octanol–water partition coefficient (Wildman–Crippen LogP) is 2.52. The lowest BCUT2D eigenvalue weighted by molar-refractivity contribution is -0.131. The van der Waals surface area contributed by atoms with Crippen molar-refractivity contribution in [1.82, 2.24) is 20.5 Å². The van der Waals surface area contributed by atoms with Crippen LogP contribution in [0.5, 0.6) is 0 Å². The van der Waals surface area contributed by atoms with E-state index in [0.717, 1.165) is 50.1 Å². The Kier molecular flexibility index (Phi) is 10.4. The molecule has 7 nitrogen and oxygen atoms in total. The molecule has 164 valence electrons. The van der Waals surface area contributed by atoms with Crippen molar-refractivity contribution in [3.8, 4) is 0 Å². The second kappa shape index (κ2) is 12.7. The van der Waals surface area contributed by atoms with Crippen molar-refractivity contribution in [3.05, 3.63) is 46.4 Å². The Bertz CT molecular complexity index is 805. The SMILES string of the molecule is CN=C(NCCC(=O)N1CCN(c2ccccc2)CC1)NCCc1ncc(C)s1.I. The summed E-state index contributed by atoms with van der Waals surface area (Å²) in [5, 5.41) is 7.63. The molecule has 9 heteroatoms. The van der Waals surface area contributed by atoms with Crippen LogP contribution in [0.3, 0.4) is 0 Å². The second-order valence-corrected chi connectivity index (χ2v) is 8.31. The smallest absolute Gasteiger partial charge is 0.224 e. The third-order valence-electron chi connectivity index (χ3n) is 4.91. The zero-order valence-electron chi connectivity index (χ0n) is 17.6. The van der Waals surface area contributed by atoms with Gasteiger partial charge in [0.2, 0.25) is 5.91 Å². The lowest BCUT2D eigenvalue weighted by Gasteiger charge is -2.36. The molecule has 0 saturated carbocycles. The monoisotopic (exact) mass is 542 g/mol.